The third-order valence-corrected chi connectivity index (χ3v) is 8.26. The van der Waals surface area contributed by atoms with E-state index in [0.29, 0.717) is 0 Å². The first-order valence-electron chi connectivity index (χ1n) is 13.3. The average Bonchev–Trinajstić information content (AvgIpc) is 2.80. The van der Waals surface area contributed by atoms with Crippen molar-refractivity contribution in [2.24, 2.45) is 0 Å². The van der Waals surface area contributed by atoms with Crippen LogP contribution in [0, 0.1) is 0 Å². The fourth-order valence-electron chi connectivity index (χ4n) is 4.36. The lowest BCUT2D eigenvalue weighted by Crippen LogP contribution is -2.38. The van der Waals surface area contributed by atoms with Crippen LogP contribution in [-0.2, 0) is 9.84 Å². The highest BCUT2D eigenvalue weighted by Gasteiger charge is 2.27. The first kappa shape index (κ1) is 27.7. The Morgan fingerprint density at radius 2 is 1.12 bits per heavy atom. The lowest BCUT2D eigenvalue weighted by atomic mass is 9.78. The van der Waals surface area contributed by atoms with Gasteiger partial charge in [0.25, 0.3) is 0 Å². The van der Waals surface area contributed by atoms with Crippen LogP contribution in [0.15, 0.2) is 54.6 Å². The standard InChI is InChI=1S/C30H48O2Si/c1-6-7-8-9-10-11-12-13-14-15-19-26-31-33(4,5)32-29-24-22-28(23-25-29)30(2,3)27-20-17-16-18-21-27/h16-18,20-25H,6-15,19,26H2,1-5H3. The van der Waals surface area contributed by atoms with Crippen molar-refractivity contribution < 1.29 is 8.85 Å². The predicted molar refractivity (Wildman–Crippen MR) is 146 cm³/mol. The first-order valence-corrected chi connectivity index (χ1v) is 16.2. The zero-order valence-electron chi connectivity index (χ0n) is 22.0. The molecule has 0 fully saturated rings. The van der Waals surface area contributed by atoms with Crippen LogP contribution >= 0.6 is 0 Å². The van der Waals surface area contributed by atoms with Crippen molar-refractivity contribution in [3.8, 4) is 5.75 Å². The van der Waals surface area contributed by atoms with E-state index >= 15 is 0 Å². The number of rotatable bonds is 17. The van der Waals surface area contributed by atoms with Gasteiger partial charge < -0.3 is 8.85 Å². The van der Waals surface area contributed by atoms with Crippen molar-refractivity contribution in [1.82, 2.24) is 0 Å². The van der Waals surface area contributed by atoms with E-state index in [0.717, 1.165) is 18.8 Å². The number of benzene rings is 2. The molecular formula is C30H48O2Si. The molecule has 0 spiro atoms. The average molecular weight is 469 g/mol. The van der Waals surface area contributed by atoms with Gasteiger partial charge in [-0.05, 0) is 42.8 Å². The Bertz CT molecular complexity index is 753. The van der Waals surface area contributed by atoms with Crippen LogP contribution in [0.5, 0.6) is 5.75 Å². The summed E-state index contributed by atoms with van der Waals surface area (Å²) in [4.78, 5) is 0. The molecule has 0 unspecified atom stereocenters. The van der Waals surface area contributed by atoms with E-state index in [4.69, 9.17) is 8.85 Å². The van der Waals surface area contributed by atoms with Crippen LogP contribution in [0.1, 0.15) is 103 Å². The summed E-state index contributed by atoms with van der Waals surface area (Å²) in [5.74, 6) is 0.915. The van der Waals surface area contributed by atoms with E-state index in [2.05, 4.69) is 88.5 Å². The normalized spacial score (nSPS) is 12.2. The highest BCUT2D eigenvalue weighted by Crippen LogP contribution is 2.32. The first-order chi connectivity index (χ1) is 15.8. The molecule has 0 aliphatic heterocycles. The van der Waals surface area contributed by atoms with Crippen LogP contribution in [0.25, 0.3) is 0 Å². The van der Waals surface area contributed by atoms with Gasteiger partial charge in [0.05, 0.1) is 0 Å². The minimum absolute atomic E-state index is 0.0295. The van der Waals surface area contributed by atoms with Crippen molar-refractivity contribution >= 4 is 8.56 Å². The second-order valence-corrected chi connectivity index (χ2v) is 13.7. The van der Waals surface area contributed by atoms with Crippen molar-refractivity contribution in [3.05, 3.63) is 65.7 Å². The van der Waals surface area contributed by atoms with Crippen LogP contribution < -0.4 is 4.43 Å². The van der Waals surface area contributed by atoms with E-state index in [1.54, 1.807) is 0 Å². The van der Waals surface area contributed by atoms with Crippen LogP contribution in [-0.4, -0.2) is 15.2 Å². The molecule has 0 amide bonds. The largest absolute Gasteiger partial charge is 0.520 e. The predicted octanol–water partition coefficient (Wildman–Crippen LogP) is 9.42. The van der Waals surface area contributed by atoms with Gasteiger partial charge in [-0.2, -0.15) is 0 Å². The highest BCUT2D eigenvalue weighted by atomic mass is 28.4. The van der Waals surface area contributed by atoms with Crippen LogP contribution in [0.4, 0.5) is 0 Å². The second kappa shape index (κ2) is 14.6. The molecule has 0 aliphatic carbocycles. The Hall–Kier alpha value is -1.58. The van der Waals surface area contributed by atoms with E-state index in [1.165, 1.54) is 75.3 Å². The molecule has 2 nitrogen and oxygen atoms in total. The fourth-order valence-corrected chi connectivity index (χ4v) is 5.76. The minimum Gasteiger partial charge on any atom is -0.520 e. The Kier molecular flexibility index (Phi) is 12.3. The molecule has 0 saturated heterocycles. The summed E-state index contributed by atoms with van der Waals surface area (Å²) in [6.07, 6.45) is 14.9. The Morgan fingerprint density at radius 3 is 1.67 bits per heavy atom. The van der Waals surface area contributed by atoms with E-state index in [-0.39, 0.29) is 5.41 Å². The minimum atomic E-state index is -2.17. The molecule has 0 aromatic heterocycles. The summed E-state index contributed by atoms with van der Waals surface area (Å²) in [5, 5.41) is 0. The monoisotopic (exact) mass is 468 g/mol. The zero-order chi connectivity index (χ0) is 24.0. The Labute approximate surface area is 205 Å². The van der Waals surface area contributed by atoms with Gasteiger partial charge in [-0.3, -0.25) is 0 Å². The maximum absolute atomic E-state index is 6.29. The topological polar surface area (TPSA) is 18.5 Å². The van der Waals surface area contributed by atoms with Crippen molar-refractivity contribution in [3.63, 3.8) is 0 Å². The molecule has 3 heteroatoms. The lowest BCUT2D eigenvalue weighted by molar-refractivity contribution is 0.240. The Balaban J connectivity index is 1.64. The zero-order valence-corrected chi connectivity index (χ0v) is 23.0. The highest BCUT2D eigenvalue weighted by molar-refractivity contribution is 6.65. The summed E-state index contributed by atoms with van der Waals surface area (Å²) in [5.41, 5.74) is 2.59. The fraction of sp³-hybridized carbons (Fsp3) is 0.600. The third-order valence-electron chi connectivity index (χ3n) is 6.63. The summed E-state index contributed by atoms with van der Waals surface area (Å²) in [6.45, 7) is 11.9. The maximum Gasteiger partial charge on any atom is 0.392 e. The van der Waals surface area contributed by atoms with Crippen molar-refractivity contribution in [2.45, 2.75) is 110 Å². The van der Waals surface area contributed by atoms with E-state index in [1.807, 2.05) is 0 Å². The smallest absolute Gasteiger partial charge is 0.392 e. The van der Waals surface area contributed by atoms with Crippen molar-refractivity contribution in [2.75, 3.05) is 6.61 Å². The lowest BCUT2D eigenvalue weighted by Gasteiger charge is -2.27. The van der Waals surface area contributed by atoms with Gasteiger partial charge in [-0.25, -0.2) is 0 Å². The summed E-state index contributed by atoms with van der Waals surface area (Å²) in [7, 11) is -2.17. The van der Waals surface area contributed by atoms with Crippen LogP contribution in [0.3, 0.4) is 0 Å². The van der Waals surface area contributed by atoms with E-state index < -0.39 is 8.56 Å². The van der Waals surface area contributed by atoms with Gasteiger partial charge >= 0.3 is 8.56 Å². The molecule has 184 valence electrons. The molecule has 0 radical (unpaired) electrons. The molecule has 0 N–H and O–H groups in total. The molecular weight excluding hydrogens is 420 g/mol. The molecule has 0 aliphatic rings. The van der Waals surface area contributed by atoms with Gasteiger partial charge in [0.1, 0.15) is 5.75 Å². The molecule has 2 rings (SSSR count). The van der Waals surface area contributed by atoms with Gasteiger partial charge in [-0.1, -0.05) is 127 Å². The van der Waals surface area contributed by atoms with Gasteiger partial charge in [0, 0.05) is 12.0 Å². The maximum atomic E-state index is 6.29. The van der Waals surface area contributed by atoms with Crippen LogP contribution in [0.2, 0.25) is 13.1 Å². The van der Waals surface area contributed by atoms with Gasteiger partial charge in [0.15, 0.2) is 0 Å². The quantitative estimate of drug-likeness (QED) is 0.170. The molecule has 0 bridgehead atoms. The molecule has 2 aromatic rings. The molecule has 33 heavy (non-hydrogen) atoms. The summed E-state index contributed by atoms with van der Waals surface area (Å²) < 4.78 is 12.5. The van der Waals surface area contributed by atoms with Gasteiger partial charge in [0.2, 0.25) is 0 Å². The number of hydrogen-bond acceptors (Lipinski definition) is 2. The summed E-state index contributed by atoms with van der Waals surface area (Å²) >= 11 is 0. The second-order valence-electron chi connectivity index (χ2n) is 10.4. The SMILES string of the molecule is CCCCCCCCCCCCCO[Si](C)(C)Oc1ccc(C(C)(C)c2ccccc2)cc1. The van der Waals surface area contributed by atoms with E-state index in [9.17, 15) is 0 Å². The number of hydrogen-bond donors (Lipinski definition) is 0. The molecule has 0 saturated carbocycles. The van der Waals surface area contributed by atoms with Gasteiger partial charge in [-0.15, -0.1) is 0 Å². The Morgan fingerprint density at radius 1 is 0.636 bits per heavy atom. The molecule has 0 heterocycles. The third kappa shape index (κ3) is 10.5. The van der Waals surface area contributed by atoms with Crippen molar-refractivity contribution in [1.29, 1.82) is 0 Å². The number of unbranched alkanes of at least 4 members (excludes halogenated alkanes) is 10. The molecule has 2 aromatic carbocycles. The summed E-state index contributed by atoms with van der Waals surface area (Å²) in [6, 6.07) is 19.3. The molecule has 0 atom stereocenters.